The van der Waals surface area contributed by atoms with Crippen molar-refractivity contribution < 1.29 is 13.6 Å². The standard InChI is InChI=1S/C5H13O3PS/c1-4-7-9(6,10-3)8-5-2/h4-5H2,1-3H3. The molecule has 0 bridgehead atoms. The van der Waals surface area contributed by atoms with E-state index < -0.39 is 6.80 Å². The Hall–Kier alpha value is 0.500. The molecule has 0 aliphatic rings. The lowest BCUT2D eigenvalue weighted by Crippen LogP contribution is -1.90. The summed E-state index contributed by atoms with van der Waals surface area (Å²) in [6, 6.07) is 0. The van der Waals surface area contributed by atoms with Crippen LogP contribution in [0.2, 0.25) is 0 Å². The van der Waals surface area contributed by atoms with Gasteiger partial charge < -0.3 is 9.05 Å². The van der Waals surface area contributed by atoms with Gasteiger partial charge in [0.1, 0.15) is 0 Å². The topological polar surface area (TPSA) is 35.5 Å². The van der Waals surface area contributed by atoms with Crippen molar-refractivity contribution in [2.24, 2.45) is 0 Å². The molecule has 0 radical (unpaired) electrons. The molecule has 0 heterocycles. The second-order valence-electron chi connectivity index (χ2n) is 1.47. The minimum absolute atomic E-state index is 0.429. The highest BCUT2D eigenvalue weighted by Gasteiger charge is 2.20. The molecule has 0 N–H and O–H groups in total. The summed E-state index contributed by atoms with van der Waals surface area (Å²) in [6.45, 7) is 1.66. The quantitative estimate of drug-likeness (QED) is 0.615. The van der Waals surface area contributed by atoms with E-state index in [1.807, 2.05) is 0 Å². The van der Waals surface area contributed by atoms with Gasteiger partial charge in [0.15, 0.2) is 0 Å². The molecule has 10 heavy (non-hydrogen) atoms. The molecule has 0 fully saturated rings. The van der Waals surface area contributed by atoms with Crippen molar-refractivity contribution >= 4 is 18.2 Å². The minimum Gasteiger partial charge on any atom is -0.301 e. The van der Waals surface area contributed by atoms with Crippen LogP contribution < -0.4 is 0 Å². The Bertz CT molecular complexity index is 118. The zero-order valence-corrected chi connectivity index (χ0v) is 8.21. The number of hydrogen-bond donors (Lipinski definition) is 0. The molecule has 0 amide bonds. The minimum atomic E-state index is -2.78. The molecule has 0 aliphatic heterocycles. The first kappa shape index (κ1) is 10.5. The van der Waals surface area contributed by atoms with Crippen molar-refractivity contribution in [3.05, 3.63) is 0 Å². The van der Waals surface area contributed by atoms with Crippen LogP contribution in [0.3, 0.4) is 0 Å². The Morgan fingerprint density at radius 2 is 1.70 bits per heavy atom. The maximum absolute atomic E-state index is 11.3. The molecule has 3 nitrogen and oxygen atoms in total. The highest BCUT2D eigenvalue weighted by Crippen LogP contribution is 2.58. The predicted molar refractivity (Wildman–Crippen MR) is 44.4 cm³/mol. The molecule has 0 aromatic carbocycles. The van der Waals surface area contributed by atoms with Gasteiger partial charge in [0, 0.05) is 0 Å². The van der Waals surface area contributed by atoms with Crippen LogP contribution in [0.5, 0.6) is 0 Å². The van der Waals surface area contributed by atoms with Gasteiger partial charge >= 0.3 is 6.80 Å². The summed E-state index contributed by atoms with van der Waals surface area (Å²) in [5.74, 6) is 0. The molecule has 0 aliphatic carbocycles. The second kappa shape index (κ2) is 5.19. The molecule has 0 saturated carbocycles. The Morgan fingerprint density at radius 3 is 1.90 bits per heavy atom. The Labute approximate surface area is 65.8 Å². The number of hydrogen-bond acceptors (Lipinski definition) is 4. The smallest absolute Gasteiger partial charge is 0.301 e. The fourth-order valence-electron chi connectivity index (χ4n) is 0.459. The Morgan fingerprint density at radius 1 is 1.30 bits per heavy atom. The fourth-order valence-corrected chi connectivity index (χ4v) is 2.64. The average molecular weight is 184 g/mol. The molecule has 0 rings (SSSR count). The van der Waals surface area contributed by atoms with Gasteiger partial charge in [-0.1, -0.05) is 0 Å². The maximum Gasteiger partial charge on any atom is 0.388 e. The molecule has 5 heteroatoms. The van der Waals surface area contributed by atoms with E-state index in [4.69, 9.17) is 9.05 Å². The monoisotopic (exact) mass is 184 g/mol. The largest absolute Gasteiger partial charge is 0.388 e. The lowest BCUT2D eigenvalue weighted by molar-refractivity contribution is 0.237. The van der Waals surface area contributed by atoms with Gasteiger partial charge in [0.25, 0.3) is 0 Å². The normalized spacial score (nSPS) is 11.9. The highest BCUT2D eigenvalue weighted by atomic mass is 32.7. The van der Waals surface area contributed by atoms with Gasteiger partial charge in [-0.15, -0.1) is 0 Å². The van der Waals surface area contributed by atoms with Crippen LogP contribution in [0.15, 0.2) is 0 Å². The summed E-state index contributed by atoms with van der Waals surface area (Å²) in [6.07, 6.45) is 1.71. The van der Waals surface area contributed by atoms with E-state index in [-0.39, 0.29) is 0 Å². The number of rotatable bonds is 5. The summed E-state index contributed by atoms with van der Waals surface area (Å²) < 4.78 is 21.1. The summed E-state index contributed by atoms with van der Waals surface area (Å²) in [7, 11) is 0. The lowest BCUT2D eigenvalue weighted by Gasteiger charge is -2.12. The molecule has 0 aromatic heterocycles. The zero-order chi connectivity index (χ0) is 8.04. The van der Waals surface area contributed by atoms with Crippen molar-refractivity contribution in [2.75, 3.05) is 19.5 Å². The van der Waals surface area contributed by atoms with Gasteiger partial charge in [-0.05, 0) is 31.5 Å². The van der Waals surface area contributed by atoms with Crippen LogP contribution in [0, 0.1) is 0 Å². The van der Waals surface area contributed by atoms with Crippen LogP contribution in [0.4, 0.5) is 0 Å². The van der Waals surface area contributed by atoms with Crippen LogP contribution in [0.25, 0.3) is 0 Å². The Balaban J connectivity index is 3.83. The van der Waals surface area contributed by atoms with E-state index in [1.54, 1.807) is 20.1 Å². The van der Waals surface area contributed by atoms with Crippen LogP contribution in [-0.4, -0.2) is 19.5 Å². The fraction of sp³-hybridized carbons (Fsp3) is 1.00. The SMILES string of the molecule is CCOP(=O)(OCC)SC. The molecule has 0 aromatic rings. The third kappa shape index (κ3) is 3.62. The van der Waals surface area contributed by atoms with Crippen molar-refractivity contribution in [1.82, 2.24) is 0 Å². The molecule has 0 unspecified atom stereocenters. The highest BCUT2D eigenvalue weighted by molar-refractivity contribution is 8.54. The van der Waals surface area contributed by atoms with Crippen molar-refractivity contribution in [1.29, 1.82) is 0 Å². The molecular formula is C5H13O3PS. The van der Waals surface area contributed by atoms with Gasteiger partial charge in [0.2, 0.25) is 0 Å². The zero-order valence-electron chi connectivity index (χ0n) is 6.49. The predicted octanol–water partition coefficient (Wildman–Crippen LogP) is 2.53. The Kier molecular flexibility index (Phi) is 5.45. The van der Waals surface area contributed by atoms with E-state index in [1.165, 1.54) is 0 Å². The summed E-state index contributed by atoms with van der Waals surface area (Å²) >= 11 is 1.13. The van der Waals surface area contributed by atoms with Crippen molar-refractivity contribution in [3.8, 4) is 0 Å². The van der Waals surface area contributed by atoms with E-state index in [2.05, 4.69) is 0 Å². The first-order valence-electron chi connectivity index (χ1n) is 3.13. The first-order chi connectivity index (χ1) is 4.68. The third-order valence-electron chi connectivity index (χ3n) is 0.798. The van der Waals surface area contributed by atoms with Crippen molar-refractivity contribution in [2.45, 2.75) is 13.8 Å². The van der Waals surface area contributed by atoms with Gasteiger partial charge in [-0.25, -0.2) is 4.57 Å². The summed E-state index contributed by atoms with van der Waals surface area (Å²) in [5, 5.41) is 0. The van der Waals surface area contributed by atoms with E-state index in [0.29, 0.717) is 13.2 Å². The van der Waals surface area contributed by atoms with Crippen molar-refractivity contribution in [3.63, 3.8) is 0 Å². The lowest BCUT2D eigenvalue weighted by atomic mass is 10.9. The van der Waals surface area contributed by atoms with Gasteiger partial charge in [-0.3, -0.25) is 0 Å². The van der Waals surface area contributed by atoms with Crippen LogP contribution >= 0.6 is 18.2 Å². The summed E-state index contributed by atoms with van der Waals surface area (Å²) in [4.78, 5) is 0. The molecule has 62 valence electrons. The van der Waals surface area contributed by atoms with Gasteiger partial charge in [-0.2, -0.15) is 0 Å². The third-order valence-corrected chi connectivity index (χ3v) is 4.37. The molecule has 0 spiro atoms. The maximum atomic E-state index is 11.3. The van der Waals surface area contributed by atoms with Crippen LogP contribution in [0.1, 0.15) is 13.8 Å². The van der Waals surface area contributed by atoms with E-state index in [0.717, 1.165) is 11.4 Å². The second-order valence-corrected chi connectivity index (χ2v) is 5.68. The molecule has 0 saturated heterocycles. The molecular weight excluding hydrogens is 171 g/mol. The molecule has 0 atom stereocenters. The first-order valence-corrected chi connectivity index (χ1v) is 6.50. The average Bonchev–Trinajstić information content (AvgIpc) is 1.89. The van der Waals surface area contributed by atoms with Gasteiger partial charge in [0.05, 0.1) is 13.2 Å². The van der Waals surface area contributed by atoms with Crippen LogP contribution in [-0.2, 0) is 13.6 Å². The van der Waals surface area contributed by atoms with E-state index >= 15 is 0 Å². The summed E-state index contributed by atoms with van der Waals surface area (Å²) in [5.41, 5.74) is 0. The van der Waals surface area contributed by atoms with E-state index in [9.17, 15) is 4.57 Å².